The number of aromatic nitrogens is 2. The zero-order chi connectivity index (χ0) is 21.9. The van der Waals surface area contributed by atoms with Crippen molar-refractivity contribution in [1.29, 1.82) is 0 Å². The van der Waals surface area contributed by atoms with Crippen molar-refractivity contribution in [3.8, 4) is 21.8 Å². The predicted molar refractivity (Wildman–Crippen MR) is 135 cm³/mol. The van der Waals surface area contributed by atoms with Crippen LogP contribution < -0.4 is 4.57 Å². The van der Waals surface area contributed by atoms with Gasteiger partial charge >= 0.3 is 0 Å². The van der Waals surface area contributed by atoms with Crippen LogP contribution in [0.3, 0.4) is 0 Å². The lowest BCUT2D eigenvalue weighted by Crippen LogP contribution is -2.30. The number of nitrogens with zero attached hydrogens (tertiary/aromatic N) is 2. The van der Waals surface area contributed by atoms with Gasteiger partial charge in [-0.15, -0.1) is 22.7 Å². The molecule has 0 amide bonds. The van der Waals surface area contributed by atoms with Gasteiger partial charge in [0.1, 0.15) is 16.8 Å². The molecule has 3 aromatic heterocycles. The molecule has 0 atom stereocenters. The summed E-state index contributed by atoms with van der Waals surface area (Å²) >= 11 is 3.55. The lowest BCUT2D eigenvalue weighted by atomic mass is 9.80. The van der Waals surface area contributed by atoms with Crippen molar-refractivity contribution in [2.45, 2.75) is 40.0 Å². The summed E-state index contributed by atoms with van der Waals surface area (Å²) in [6, 6.07) is 13.5. The maximum Gasteiger partial charge on any atom is 0.230 e. The number of thiazole rings is 1. The van der Waals surface area contributed by atoms with Crippen molar-refractivity contribution < 1.29 is 4.57 Å². The highest BCUT2D eigenvalue weighted by Gasteiger charge is 2.26. The van der Waals surface area contributed by atoms with E-state index in [1.165, 1.54) is 48.8 Å². The van der Waals surface area contributed by atoms with E-state index in [0.29, 0.717) is 0 Å². The number of thiophene rings is 1. The third-order valence-electron chi connectivity index (χ3n) is 6.09. The first-order valence-electron chi connectivity index (χ1n) is 10.6. The minimum Gasteiger partial charge on any atom is -0.241 e. The third kappa shape index (κ3) is 3.29. The zero-order valence-electron chi connectivity index (χ0n) is 18.9. The van der Waals surface area contributed by atoms with E-state index >= 15 is 0 Å². The van der Waals surface area contributed by atoms with E-state index in [4.69, 9.17) is 4.98 Å². The fourth-order valence-electron chi connectivity index (χ4n) is 4.48. The molecule has 0 aliphatic carbocycles. The molecule has 3 heterocycles. The van der Waals surface area contributed by atoms with Gasteiger partial charge in [-0.05, 0) is 47.2 Å². The van der Waals surface area contributed by atoms with E-state index in [1.807, 2.05) is 11.3 Å². The SMILES string of the molecule is Cc1csc(-c2csc3c(-c4cc(C(C)(C)C)c5ccccc5c4C)[n+](C)ccc23)n1. The summed E-state index contributed by atoms with van der Waals surface area (Å²) in [6.45, 7) is 11.3. The average molecular weight is 444 g/mol. The summed E-state index contributed by atoms with van der Waals surface area (Å²) in [4.78, 5) is 4.75. The normalized spacial score (nSPS) is 12.2. The van der Waals surface area contributed by atoms with Crippen molar-refractivity contribution in [2.75, 3.05) is 0 Å². The van der Waals surface area contributed by atoms with Gasteiger partial charge in [-0.3, -0.25) is 0 Å². The summed E-state index contributed by atoms with van der Waals surface area (Å²) < 4.78 is 3.60. The molecule has 0 N–H and O–H groups in total. The fraction of sp³-hybridized carbons (Fsp3) is 0.259. The zero-order valence-corrected chi connectivity index (χ0v) is 20.5. The minimum absolute atomic E-state index is 0.0630. The summed E-state index contributed by atoms with van der Waals surface area (Å²) in [5.41, 5.74) is 7.74. The Labute approximate surface area is 191 Å². The molecule has 2 nitrogen and oxygen atoms in total. The number of aryl methyl sites for hydroxylation is 3. The first kappa shape index (κ1) is 20.3. The van der Waals surface area contributed by atoms with Crippen LogP contribution in [0.5, 0.6) is 0 Å². The molecule has 31 heavy (non-hydrogen) atoms. The minimum atomic E-state index is 0.0630. The van der Waals surface area contributed by atoms with E-state index in [1.54, 1.807) is 11.3 Å². The molecular weight excluding hydrogens is 416 g/mol. The van der Waals surface area contributed by atoms with Crippen LogP contribution in [-0.4, -0.2) is 4.98 Å². The fourth-order valence-corrected chi connectivity index (χ4v) is 6.53. The molecule has 0 spiro atoms. The molecule has 2 aromatic carbocycles. The van der Waals surface area contributed by atoms with Crippen LogP contribution in [0, 0.1) is 13.8 Å². The number of hydrogen-bond acceptors (Lipinski definition) is 3. The van der Waals surface area contributed by atoms with Crippen molar-refractivity contribution in [2.24, 2.45) is 7.05 Å². The Morgan fingerprint density at radius 2 is 1.61 bits per heavy atom. The molecule has 156 valence electrons. The monoisotopic (exact) mass is 443 g/mol. The number of fused-ring (bicyclic) bond motifs is 2. The second kappa shape index (κ2) is 7.25. The standard InChI is InChI=1S/C27H27N2S2/c1-16-14-31-26(28-16)22-15-30-25-20(22)11-12-29(6)24(25)21-13-23(27(3,4)5)19-10-8-7-9-18(19)17(21)2/h7-15H,1-6H3/q+1. The van der Waals surface area contributed by atoms with E-state index in [2.05, 4.69) is 99.6 Å². The topological polar surface area (TPSA) is 16.8 Å². The second-order valence-electron chi connectivity index (χ2n) is 9.35. The van der Waals surface area contributed by atoms with Crippen molar-refractivity contribution in [1.82, 2.24) is 4.98 Å². The molecule has 5 aromatic rings. The van der Waals surface area contributed by atoms with Crippen molar-refractivity contribution in [3.05, 3.63) is 70.2 Å². The largest absolute Gasteiger partial charge is 0.241 e. The first-order valence-corrected chi connectivity index (χ1v) is 12.4. The van der Waals surface area contributed by atoms with Crippen LogP contribution >= 0.6 is 22.7 Å². The Morgan fingerprint density at radius 1 is 0.871 bits per heavy atom. The molecule has 4 heteroatoms. The Hall–Kier alpha value is -2.56. The van der Waals surface area contributed by atoms with E-state index < -0.39 is 0 Å². The average Bonchev–Trinajstić information content (AvgIpc) is 3.34. The summed E-state index contributed by atoms with van der Waals surface area (Å²) in [7, 11) is 2.16. The molecule has 0 saturated carbocycles. The van der Waals surface area contributed by atoms with Crippen LogP contribution in [-0.2, 0) is 12.5 Å². The molecular formula is C27H27N2S2+. The Bertz CT molecular complexity index is 1450. The molecule has 0 radical (unpaired) electrons. The second-order valence-corrected chi connectivity index (χ2v) is 11.1. The quantitative estimate of drug-likeness (QED) is 0.257. The van der Waals surface area contributed by atoms with Crippen LogP contribution in [0.25, 0.3) is 42.7 Å². The predicted octanol–water partition coefficient (Wildman–Crippen LogP) is 7.58. The van der Waals surface area contributed by atoms with Gasteiger partial charge in [0, 0.05) is 33.5 Å². The number of hydrogen-bond donors (Lipinski definition) is 0. The van der Waals surface area contributed by atoms with Gasteiger partial charge in [-0.2, -0.15) is 4.57 Å². The number of pyridine rings is 1. The maximum absolute atomic E-state index is 4.75. The smallest absolute Gasteiger partial charge is 0.230 e. The molecule has 0 aliphatic rings. The first-order chi connectivity index (χ1) is 14.8. The van der Waals surface area contributed by atoms with Gasteiger partial charge in [0.25, 0.3) is 0 Å². The van der Waals surface area contributed by atoms with Gasteiger partial charge in [-0.25, -0.2) is 4.98 Å². The maximum atomic E-state index is 4.75. The van der Waals surface area contributed by atoms with E-state index in [9.17, 15) is 0 Å². The van der Waals surface area contributed by atoms with Gasteiger partial charge < -0.3 is 0 Å². The van der Waals surface area contributed by atoms with E-state index in [0.717, 1.165) is 10.7 Å². The highest BCUT2D eigenvalue weighted by atomic mass is 32.1. The third-order valence-corrected chi connectivity index (χ3v) is 8.08. The summed E-state index contributed by atoms with van der Waals surface area (Å²) in [5, 5.41) is 9.50. The van der Waals surface area contributed by atoms with Gasteiger partial charge in [0.15, 0.2) is 6.20 Å². The Balaban J connectivity index is 1.85. The highest BCUT2D eigenvalue weighted by molar-refractivity contribution is 7.19. The van der Waals surface area contributed by atoms with Gasteiger partial charge in [0.05, 0.1) is 5.56 Å². The molecule has 0 unspecified atom stereocenters. The van der Waals surface area contributed by atoms with Crippen molar-refractivity contribution >= 4 is 43.5 Å². The van der Waals surface area contributed by atoms with Gasteiger partial charge in [-0.1, -0.05) is 45.0 Å². The molecule has 0 saturated heterocycles. The molecule has 0 fully saturated rings. The van der Waals surface area contributed by atoms with Crippen molar-refractivity contribution in [3.63, 3.8) is 0 Å². The Morgan fingerprint density at radius 3 is 2.29 bits per heavy atom. The van der Waals surface area contributed by atoms with E-state index in [-0.39, 0.29) is 5.41 Å². The number of rotatable bonds is 2. The summed E-state index contributed by atoms with van der Waals surface area (Å²) in [5.74, 6) is 0. The highest BCUT2D eigenvalue weighted by Crippen LogP contribution is 2.42. The summed E-state index contributed by atoms with van der Waals surface area (Å²) in [6.07, 6.45) is 2.19. The molecule has 0 bridgehead atoms. The number of benzene rings is 2. The lowest BCUT2D eigenvalue weighted by molar-refractivity contribution is -0.659. The lowest BCUT2D eigenvalue weighted by Gasteiger charge is -2.24. The Kier molecular flexibility index (Phi) is 4.76. The molecule has 0 aliphatic heterocycles. The molecule has 5 rings (SSSR count). The van der Waals surface area contributed by atoms with Gasteiger partial charge in [0.2, 0.25) is 5.69 Å². The van der Waals surface area contributed by atoms with Crippen LogP contribution in [0.1, 0.15) is 37.6 Å². The van der Waals surface area contributed by atoms with Crippen LogP contribution in [0.4, 0.5) is 0 Å². The van der Waals surface area contributed by atoms with Crippen LogP contribution in [0.2, 0.25) is 0 Å². The van der Waals surface area contributed by atoms with Crippen LogP contribution in [0.15, 0.2) is 53.4 Å².